The van der Waals surface area contributed by atoms with E-state index in [1.165, 1.54) is 6.07 Å². The Morgan fingerprint density at radius 2 is 2.00 bits per heavy atom. The topological polar surface area (TPSA) is 85.6 Å². The molecular formula is C33H35FN6O3. The molecule has 9 nitrogen and oxygen atoms in total. The molecule has 0 bridgehead atoms. The first-order valence-electron chi connectivity index (χ1n) is 15.2. The minimum atomic E-state index is -0.399. The van der Waals surface area contributed by atoms with E-state index in [9.17, 15) is 4.79 Å². The summed E-state index contributed by atoms with van der Waals surface area (Å²) in [5, 5.41) is 9.83. The fourth-order valence-corrected chi connectivity index (χ4v) is 7.35. The van der Waals surface area contributed by atoms with Crippen LogP contribution in [0, 0.1) is 5.82 Å². The predicted octanol–water partition coefficient (Wildman–Crippen LogP) is 4.99. The Morgan fingerprint density at radius 1 is 1.16 bits per heavy atom. The van der Waals surface area contributed by atoms with Crippen LogP contribution in [0.15, 0.2) is 42.7 Å². The molecule has 43 heavy (non-hydrogen) atoms. The first kappa shape index (κ1) is 26.9. The minimum absolute atomic E-state index is 0.111. The molecule has 1 amide bonds. The quantitative estimate of drug-likeness (QED) is 0.304. The standard InChI is InChI=1S/C33H35FN6O3/c1-19-16-39(8-9-43-19)17-20-10-24-26(34)6-7-28-30(24)25(11-20)31(41)40(28)29-13-22(12-27(36-29)21-4-5-21)33(14-23(15-33)42-3)32-37-35-18-38(32)2/h6-7,10-13,18-19,21,23H,4-5,8-9,14-17H2,1-3H3/t19-,23?,33?/m1/s1. The maximum absolute atomic E-state index is 15.4. The number of halogens is 1. The smallest absolute Gasteiger partial charge is 0.264 e. The van der Waals surface area contributed by atoms with Gasteiger partial charge in [-0.25, -0.2) is 9.37 Å². The van der Waals surface area contributed by atoms with E-state index in [0.29, 0.717) is 46.9 Å². The van der Waals surface area contributed by atoms with Gasteiger partial charge in [-0.2, -0.15) is 0 Å². The number of hydrogen-bond donors (Lipinski definition) is 0. The van der Waals surface area contributed by atoms with Crippen molar-refractivity contribution in [1.29, 1.82) is 0 Å². The zero-order valence-electron chi connectivity index (χ0n) is 24.7. The Labute approximate surface area is 249 Å². The zero-order valence-corrected chi connectivity index (χ0v) is 24.7. The van der Waals surface area contributed by atoms with Crippen molar-refractivity contribution >= 4 is 28.2 Å². The lowest BCUT2D eigenvalue weighted by molar-refractivity contribution is -0.0212. The molecule has 4 aromatic rings. The first-order valence-corrected chi connectivity index (χ1v) is 15.2. The molecule has 2 aromatic heterocycles. The van der Waals surface area contributed by atoms with Crippen molar-refractivity contribution in [2.45, 2.75) is 62.7 Å². The highest BCUT2D eigenvalue weighted by atomic mass is 19.1. The van der Waals surface area contributed by atoms with E-state index >= 15 is 4.39 Å². The molecule has 0 spiro atoms. The molecule has 1 atom stereocenters. The van der Waals surface area contributed by atoms with Crippen molar-refractivity contribution in [3.05, 3.63) is 76.8 Å². The molecule has 1 saturated heterocycles. The fraction of sp³-hybridized carbons (Fsp3) is 0.455. The van der Waals surface area contributed by atoms with Crippen LogP contribution in [0.1, 0.15) is 71.5 Å². The molecule has 8 rings (SSSR count). The molecule has 222 valence electrons. The van der Waals surface area contributed by atoms with Crippen molar-refractivity contribution < 1.29 is 18.7 Å². The number of aromatic nitrogens is 4. The van der Waals surface area contributed by atoms with Gasteiger partial charge in [0, 0.05) is 56.2 Å². The molecule has 2 saturated carbocycles. The summed E-state index contributed by atoms with van der Waals surface area (Å²) in [6.07, 6.45) is 5.66. The van der Waals surface area contributed by atoms with Crippen molar-refractivity contribution in [2.24, 2.45) is 7.05 Å². The summed E-state index contributed by atoms with van der Waals surface area (Å²) >= 11 is 0. The number of nitrogens with zero attached hydrogens (tertiary/aromatic N) is 6. The third kappa shape index (κ3) is 4.29. The van der Waals surface area contributed by atoms with E-state index in [-0.39, 0.29) is 23.9 Å². The summed E-state index contributed by atoms with van der Waals surface area (Å²) in [7, 11) is 3.71. The predicted molar refractivity (Wildman–Crippen MR) is 159 cm³/mol. The molecule has 0 radical (unpaired) electrons. The van der Waals surface area contributed by atoms with Gasteiger partial charge < -0.3 is 14.0 Å². The lowest BCUT2D eigenvalue weighted by Gasteiger charge is -2.46. The Kier molecular flexibility index (Phi) is 6.19. The van der Waals surface area contributed by atoms with Crippen LogP contribution in [0.3, 0.4) is 0 Å². The highest BCUT2D eigenvalue weighted by molar-refractivity contribution is 6.27. The number of morpholine rings is 1. The van der Waals surface area contributed by atoms with Gasteiger partial charge in [0.25, 0.3) is 5.91 Å². The van der Waals surface area contributed by atoms with Crippen LogP contribution in [0.5, 0.6) is 0 Å². The van der Waals surface area contributed by atoms with Crippen LogP contribution in [0.4, 0.5) is 15.9 Å². The Hall–Kier alpha value is -3.73. The molecule has 0 unspecified atom stereocenters. The van der Waals surface area contributed by atoms with Crippen LogP contribution < -0.4 is 4.90 Å². The molecular weight excluding hydrogens is 547 g/mol. The number of hydrogen-bond acceptors (Lipinski definition) is 7. The number of carbonyl (C=O) groups is 1. The number of rotatable bonds is 7. The van der Waals surface area contributed by atoms with Crippen molar-refractivity contribution in [3.8, 4) is 0 Å². The number of pyridine rings is 1. The number of anilines is 2. The van der Waals surface area contributed by atoms with Gasteiger partial charge in [-0.15, -0.1) is 10.2 Å². The van der Waals surface area contributed by atoms with Crippen LogP contribution >= 0.6 is 0 Å². The van der Waals surface area contributed by atoms with Crippen LogP contribution in [-0.4, -0.2) is 69.6 Å². The molecule has 4 aliphatic rings. The molecule has 2 aliphatic heterocycles. The number of carbonyl (C=O) groups excluding carboxylic acids is 1. The summed E-state index contributed by atoms with van der Waals surface area (Å²) < 4.78 is 28.8. The molecule has 10 heteroatoms. The summed E-state index contributed by atoms with van der Waals surface area (Å²) in [5.74, 6) is 1.31. The number of methoxy groups -OCH3 is 1. The number of aryl methyl sites for hydroxylation is 1. The van der Waals surface area contributed by atoms with Gasteiger partial charge in [0.2, 0.25) is 0 Å². The van der Waals surface area contributed by atoms with Gasteiger partial charge in [-0.05, 0) is 80.1 Å². The third-order valence-electron chi connectivity index (χ3n) is 9.74. The normalized spacial score (nSPS) is 25.5. The van der Waals surface area contributed by atoms with E-state index in [4.69, 9.17) is 14.5 Å². The Bertz CT molecular complexity index is 1760. The number of benzene rings is 2. The lowest BCUT2D eigenvalue weighted by atomic mass is 9.62. The lowest BCUT2D eigenvalue weighted by Crippen LogP contribution is -2.48. The average molecular weight is 583 g/mol. The number of amides is 1. The Balaban J connectivity index is 1.23. The average Bonchev–Trinajstić information content (AvgIpc) is 3.68. The Morgan fingerprint density at radius 3 is 2.72 bits per heavy atom. The zero-order chi connectivity index (χ0) is 29.5. The van der Waals surface area contributed by atoms with Gasteiger partial charge in [0.15, 0.2) is 0 Å². The second-order valence-electron chi connectivity index (χ2n) is 12.7. The first-order chi connectivity index (χ1) is 20.8. The highest BCUT2D eigenvalue weighted by Gasteiger charge is 2.51. The third-order valence-corrected chi connectivity index (χ3v) is 9.74. The second-order valence-corrected chi connectivity index (χ2v) is 12.7. The molecule has 4 heterocycles. The van der Waals surface area contributed by atoms with Gasteiger partial charge in [0.1, 0.15) is 23.8 Å². The van der Waals surface area contributed by atoms with Crippen LogP contribution in [0.2, 0.25) is 0 Å². The van der Waals surface area contributed by atoms with Gasteiger partial charge >= 0.3 is 0 Å². The highest BCUT2D eigenvalue weighted by Crippen LogP contribution is 2.52. The van der Waals surface area contributed by atoms with E-state index in [1.54, 1.807) is 24.4 Å². The second kappa shape index (κ2) is 9.90. The molecule has 3 fully saturated rings. The maximum atomic E-state index is 15.4. The van der Waals surface area contributed by atoms with Crippen LogP contribution in [-0.2, 0) is 28.5 Å². The molecule has 0 N–H and O–H groups in total. The summed E-state index contributed by atoms with van der Waals surface area (Å²) in [6, 6.07) is 11.2. The number of ether oxygens (including phenoxy) is 2. The minimum Gasteiger partial charge on any atom is -0.381 e. The van der Waals surface area contributed by atoms with Crippen molar-refractivity contribution in [1.82, 2.24) is 24.6 Å². The maximum Gasteiger partial charge on any atom is 0.264 e. The van der Waals surface area contributed by atoms with Gasteiger partial charge in [0.05, 0.1) is 35.5 Å². The molecule has 2 aliphatic carbocycles. The summed E-state index contributed by atoms with van der Waals surface area (Å²) in [4.78, 5) is 23.3. The van der Waals surface area contributed by atoms with Crippen molar-refractivity contribution in [2.75, 3.05) is 31.7 Å². The SMILES string of the molecule is COC1CC(c2cc(C3CC3)nc(N3C(=O)c4cc(CN5CCO[C@H](C)C5)cc5c(F)ccc3c45)c2)(c2nncn2C)C1. The van der Waals surface area contributed by atoms with Crippen molar-refractivity contribution in [3.63, 3.8) is 0 Å². The summed E-state index contributed by atoms with van der Waals surface area (Å²) in [5.41, 5.74) is 3.76. The monoisotopic (exact) mass is 582 g/mol. The van der Waals surface area contributed by atoms with Gasteiger partial charge in [-0.3, -0.25) is 14.6 Å². The van der Waals surface area contributed by atoms with E-state index < -0.39 is 5.41 Å². The van der Waals surface area contributed by atoms with E-state index in [2.05, 4.69) is 28.1 Å². The fourth-order valence-electron chi connectivity index (χ4n) is 7.35. The molecule has 2 aromatic carbocycles. The van der Waals surface area contributed by atoms with E-state index in [1.807, 2.05) is 29.8 Å². The van der Waals surface area contributed by atoms with Crippen LogP contribution in [0.25, 0.3) is 10.8 Å². The summed E-state index contributed by atoms with van der Waals surface area (Å²) in [6.45, 7) is 4.96. The largest absolute Gasteiger partial charge is 0.381 e. The van der Waals surface area contributed by atoms with Gasteiger partial charge in [-0.1, -0.05) is 0 Å². The van der Waals surface area contributed by atoms with E-state index in [0.717, 1.165) is 61.4 Å².